The monoisotopic (exact) mass is 570 g/mol. The fourth-order valence-corrected chi connectivity index (χ4v) is 13.1. The lowest BCUT2D eigenvalue weighted by molar-refractivity contribution is -0.113. The van der Waals surface area contributed by atoms with Crippen LogP contribution in [0.25, 0.3) is 0 Å². The largest absolute Gasteiger partial charge is 0.407 e. The van der Waals surface area contributed by atoms with Gasteiger partial charge in [-0.3, -0.25) is 4.79 Å². The van der Waals surface area contributed by atoms with Crippen LogP contribution in [0.5, 0.6) is 0 Å². The molecule has 4 heteroatoms. The maximum Gasteiger partial charge on any atom is 0.261 e. The van der Waals surface area contributed by atoms with Crippen LogP contribution < -0.4 is 10.4 Å². The van der Waals surface area contributed by atoms with Crippen molar-refractivity contribution in [1.29, 1.82) is 0 Å². The van der Waals surface area contributed by atoms with Gasteiger partial charge in [0.2, 0.25) is 0 Å². The van der Waals surface area contributed by atoms with Crippen LogP contribution in [0.1, 0.15) is 60.8 Å². The van der Waals surface area contributed by atoms with Crippen molar-refractivity contribution < 1.29 is 9.22 Å². The summed E-state index contributed by atoms with van der Waals surface area (Å²) in [6, 6.07) is 21.7. The van der Waals surface area contributed by atoms with E-state index >= 15 is 0 Å². The smallest absolute Gasteiger partial charge is 0.261 e. The summed E-state index contributed by atoms with van der Waals surface area (Å²) < 4.78 is 7.16. The van der Waals surface area contributed by atoms with Crippen LogP contribution in [0, 0.1) is 17.3 Å². The van der Waals surface area contributed by atoms with E-state index in [1.807, 2.05) is 0 Å². The number of rotatable bonds is 10. The summed E-state index contributed by atoms with van der Waals surface area (Å²) in [4.78, 5) is 14.2. The maximum absolute atomic E-state index is 14.2. The molecule has 0 amide bonds. The van der Waals surface area contributed by atoms with Crippen molar-refractivity contribution >= 4 is 32.5 Å². The molecule has 2 bridgehead atoms. The van der Waals surface area contributed by atoms with Crippen LogP contribution in [-0.2, 0) is 9.22 Å². The van der Waals surface area contributed by atoms with Crippen LogP contribution in [-0.4, -0.2) is 28.8 Å². The minimum absolute atomic E-state index is 0.0515. The highest BCUT2D eigenvalue weighted by atomic mass is 28.4. The van der Waals surface area contributed by atoms with E-state index in [0.717, 1.165) is 30.4 Å². The zero-order chi connectivity index (χ0) is 29.3. The lowest BCUT2D eigenvalue weighted by atomic mass is 9.65. The first kappa shape index (κ1) is 30.7. The lowest BCUT2D eigenvalue weighted by Gasteiger charge is -2.43. The molecule has 0 radical (unpaired) electrons. The average molecular weight is 571 g/mol. The summed E-state index contributed by atoms with van der Waals surface area (Å²) in [5, 5.41) is 2.55. The third kappa shape index (κ3) is 6.00. The van der Waals surface area contributed by atoms with Crippen molar-refractivity contribution in [3.8, 4) is 0 Å². The van der Waals surface area contributed by atoms with Crippen molar-refractivity contribution in [3.05, 3.63) is 95.2 Å². The summed E-state index contributed by atoms with van der Waals surface area (Å²) >= 11 is 0. The second-order valence-corrected chi connectivity index (χ2v) is 24.0. The Hall–Kier alpha value is -2.28. The third-order valence-electron chi connectivity index (χ3n) is 9.03. The first-order chi connectivity index (χ1) is 18.7. The second-order valence-electron chi connectivity index (χ2n) is 14.6. The lowest BCUT2D eigenvalue weighted by Crippen LogP contribution is -2.66. The Balaban J connectivity index is 1.60. The number of benzene rings is 2. The zero-order valence-electron chi connectivity index (χ0n) is 26.3. The molecule has 0 fully saturated rings. The van der Waals surface area contributed by atoms with Crippen LogP contribution in [0.15, 0.2) is 95.2 Å². The van der Waals surface area contributed by atoms with Crippen LogP contribution in [0.2, 0.25) is 24.7 Å². The quantitative estimate of drug-likeness (QED) is 0.124. The van der Waals surface area contributed by atoms with Crippen molar-refractivity contribution in [2.75, 3.05) is 6.61 Å². The number of fused-ring (bicyclic) bond motifs is 2. The predicted molar refractivity (Wildman–Crippen MR) is 176 cm³/mol. The molecule has 0 N–H and O–H groups in total. The Kier molecular flexibility index (Phi) is 8.85. The number of allylic oxidation sites excluding steroid dienone is 5. The van der Waals surface area contributed by atoms with Crippen molar-refractivity contribution in [1.82, 2.24) is 0 Å². The standard InChI is InChI=1S/C36H50O2Si2/c1-27-22-23-29-25-32(33(27)36(29,5)6)34(37)28(26-39(7,8)9)17-16-24-38-40(35(2,3)4,30-18-12-10-13-19-30)31-20-14-11-15-21-31/h10-15,18-22,25-26,29,33H,16-17,23-24H2,1-9H3/b28-26+/t29-,33+/m0/s1. The Bertz CT molecular complexity index is 1250. The molecular weight excluding hydrogens is 521 g/mol. The van der Waals surface area contributed by atoms with Crippen molar-refractivity contribution in [2.45, 2.75) is 85.5 Å². The van der Waals surface area contributed by atoms with Gasteiger partial charge in [0.15, 0.2) is 5.78 Å². The fourth-order valence-electron chi connectivity index (χ4n) is 7.19. The van der Waals surface area contributed by atoms with E-state index in [1.54, 1.807) is 0 Å². The van der Waals surface area contributed by atoms with Crippen LogP contribution in [0.3, 0.4) is 0 Å². The van der Waals surface area contributed by atoms with E-state index in [4.69, 9.17) is 4.43 Å². The van der Waals surface area contributed by atoms with Gasteiger partial charge in [-0.15, -0.1) is 0 Å². The van der Waals surface area contributed by atoms with Gasteiger partial charge in [0, 0.05) is 18.1 Å². The molecule has 4 rings (SSSR count). The number of carbonyl (C=O) groups excluding carboxylic acids is 1. The van der Waals surface area contributed by atoms with E-state index < -0.39 is 16.4 Å². The van der Waals surface area contributed by atoms with Crippen molar-refractivity contribution in [2.24, 2.45) is 17.3 Å². The van der Waals surface area contributed by atoms with E-state index in [-0.39, 0.29) is 22.2 Å². The minimum Gasteiger partial charge on any atom is -0.407 e. The molecule has 214 valence electrons. The molecule has 2 aliphatic rings. The summed E-state index contributed by atoms with van der Waals surface area (Å²) in [5.41, 5.74) is 5.88. The van der Waals surface area contributed by atoms with Gasteiger partial charge in [-0.05, 0) is 58.5 Å². The maximum atomic E-state index is 14.2. The van der Waals surface area contributed by atoms with Crippen LogP contribution >= 0.6 is 0 Å². The molecule has 0 saturated heterocycles. The van der Waals surface area contributed by atoms with Crippen LogP contribution in [0.4, 0.5) is 0 Å². The van der Waals surface area contributed by atoms with E-state index in [2.05, 4.69) is 140 Å². The highest BCUT2D eigenvalue weighted by Gasteiger charge is 2.50. The fraction of sp³-hybridized carbons (Fsp3) is 0.472. The summed E-state index contributed by atoms with van der Waals surface area (Å²) in [6.07, 6.45) is 7.32. The van der Waals surface area contributed by atoms with Gasteiger partial charge in [-0.25, -0.2) is 0 Å². The molecule has 0 saturated carbocycles. The second kappa shape index (κ2) is 11.5. The topological polar surface area (TPSA) is 26.3 Å². The molecule has 2 aromatic carbocycles. The number of hydrogen-bond acceptors (Lipinski definition) is 2. The van der Waals surface area contributed by atoms with Gasteiger partial charge in [0.25, 0.3) is 8.32 Å². The molecule has 0 spiro atoms. The Morgan fingerprint density at radius 3 is 2.02 bits per heavy atom. The Morgan fingerprint density at radius 2 is 1.52 bits per heavy atom. The molecule has 40 heavy (non-hydrogen) atoms. The molecule has 0 unspecified atom stereocenters. The third-order valence-corrected chi connectivity index (χ3v) is 15.3. The van der Waals surface area contributed by atoms with E-state index in [1.165, 1.54) is 15.9 Å². The van der Waals surface area contributed by atoms with Gasteiger partial charge in [-0.1, -0.05) is 138 Å². The number of ketones is 1. The molecule has 2 atom stereocenters. The summed E-state index contributed by atoms with van der Waals surface area (Å²) in [6.45, 7) is 21.5. The molecule has 2 aromatic rings. The highest BCUT2D eigenvalue weighted by Crippen LogP contribution is 2.55. The van der Waals surface area contributed by atoms with E-state index in [9.17, 15) is 4.79 Å². The Labute approximate surface area is 245 Å². The first-order valence-corrected chi connectivity index (χ1v) is 20.6. The molecule has 0 aliphatic heterocycles. The summed E-state index contributed by atoms with van der Waals surface area (Å²) in [5.74, 6) is 0.965. The number of Topliss-reactive ketones (excluding diaryl/α,β-unsaturated/α-hetero) is 1. The van der Waals surface area contributed by atoms with Gasteiger partial charge in [-0.2, -0.15) is 0 Å². The van der Waals surface area contributed by atoms with Gasteiger partial charge >= 0.3 is 0 Å². The number of carbonyl (C=O) groups is 1. The van der Waals surface area contributed by atoms with Gasteiger partial charge in [0.05, 0.1) is 8.07 Å². The molecule has 0 aromatic heterocycles. The first-order valence-electron chi connectivity index (χ1n) is 15.1. The number of hydrogen-bond donors (Lipinski definition) is 0. The van der Waals surface area contributed by atoms with E-state index in [0.29, 0.717) is 12.5 Å². The normalized spacial score (nSPS) is 21.2. The molecule has 2 aliphatic carbocycles. The molecular formula is C36H50O2Si2. The van der Waals surface area contributed by atoms with Gasteiger partial charge < -0.3 is 4.43 Å². The molecule has 0 heterocycles. The summed E-state index contributed by atoms with van der Waals surface area (Å²) in [7, 11) is -4.19. The Morgan fingerprint density at radius 1 is 0.975 bits per heavy atom. The zero-order valence-corrected chi connectivity index (χ0v) is 28.3. The van der Waals surface area contributed by atoms with Gasteiger partial charge in [0.1, 0.15) is 0 Å². The van der Waals surface area contributed by atoms with Crippen molar-refractivity contribution in [3.63, 3.8) is 0 Å². The average Bonchev–Trinajstić information content (AvgIpc) is 3.01. The molecule has 2 nitrogen and oxygen atoms in total. The SMILES string of the molecule is CC1=CC[C@H]2C=C(C(=O)/C(=C/[Si](C)(C)C)CCCO[Si](c3ccccc3)(c3ccccc3)C(C)(C)C)[C@@H]1C2(C)C. The predicted octanol–water partition coefficient (Wildman–Crippen LogP) is 8.26. The minimum atomic E-state index is -2.58. The highest BCUT2D eigenvalue weighted by molar-refractivity contribution is 6.99.